The largest absolute Gasteiger partial charge is 0.397 e. The zero-order valence-electron chi connectivity index (χ0n) is 11.3. The Morgan fingerprint density at radius 2 is 2.33 bits per heavy atom. The zero-order chi connectivity index (χ0) is 15.0. The highest BCUT2D eigenvalue weighted by molar-refractivity contribution is 7.21. The number of carbonyl (C=O) groups excluding carboxylic acids is 1. The Hall–Kier alpha value is -2.05. The Morgan fingerprint density at radius 1 is 1.52 bits per heavy atom. The molecule has 108 valence electrons. The van der Waals surface area contributed by atoms with Crippen LogP contribution in [0.1, 0.15) is 15.2 Å². The summed E-state index contributed by atoms with van der Waals surface area (Å²) in [5.41, 5.74) is 7.49. The van der Waals surface area contributed by atoms with Gasteiger partial charge in [0.15, 0.2) is 0 Å². The lowest BCUT2D eigenvalue weighted by Crippen LogP contribution is -2.22. The number of hydrogen-bond donors (Lipinski definition) is 2. The van der Waals surface area contributed by atoms with Gasteiger partial charge in [-0.15, -0.1) is 11.3 Å². The van der Waals surface area contributed by atoms with Crippen LogP contribution in [-0.2, 0) is 13.6 Å². The van der Waals surface area contributed by atoms with Crippen LogP contribution in [0.2, 0.25) is 5.02 Å². The SMILES string of the molecule is Cn1cc(CNC(=O)c2sc3cc(Cl)ccc3c2N)cn1. The number of rotatable bonds is 3. The number of thiophene rings is 1. The first kappa shape index (κ1) is 13.9. The zero-order valence-corrected chi connectivity index (χ0v) is 12.8. The van der Waals surface area contributed by atoms with E-state index in [0.29, 0.717) is 22.1 Å². The lowest BCUT2D eigenvalue weighted by Gasteiger charge is -2.02. The van der Waals surface area contributed by atoms with Crippen LogP contribution in [0.5, 0.6) is 0 Å². The average molecular weight is 321 g/mol. The van der Waals surface area contributed by atoms with Gasteiger partial charge in [0, 0.05) is 40.5 Å². The van der Waals surface area contributed by atoms with Gasteiger partial charge in [0.25, 0.3) is 5.91 Å². The number of aromatic nitrogens is 2. The van der Waals surface area contributed by atoms with Gasteiger partial charge in [0.2, 0.25) is 0 Å². The second kappa shape index (κ2) is 5.38. The van der Waals surface area contributed by atoms with Gasteiger partial charge in [-0.1, -0.05) is 11.6 Å². The van der Waals surface area contributed by atoms with E-state index in [1.807, 2.05) is 25.4 Å². The number of fused-ring (bicyclic) bond motifs is 1. The summed E-state index contributed by atoms with van der Waals surface area (Å²) < 4.78 is 2.60. The molecule has 3 N–H and O–H groups in total. The van der Waals surface area contributed by atoms with Crippen LogP contribution < -0.4 is 11.1 Å². The van der Waals surface area contributed by atoms with Crippen LogP contribution >= 0.6 is 22.9 Å². The number of nitrogens with one attached hydrogen (secondary N) is 1. The van der Waals surface area contributed by atoms with Crippen LogP contribution in [0.15, 0.2) is 30.6 Å². The molecule has 5 nitrogen and oxygen atoms in total. The van der Waals surface area contributed by atoms with Gasteiger partial charge in [-0.2, -0.15) is 5.10 Å². The van der Waals surface area contributed by atoms with Gasteiger partial charge in [-0.25, -0.2) is 0 Å². The minimum absolute atomic E-state index is 0.186. The van der Waals surface area contributed by atoms with Gasteiger partial charge in [0.05, 0.1) is 11.9 Å². The van der Waals surface area contributed by atoms with E-state index in [-0.39, 0.29) is 5.91 Å². The van der Waals surface area contributed by atoms with Gasteiger partial charge in [-0.05, 0) is 18.2 Å². The quantitative estimate of drug-likeness (QED) is 0.779. The summed E-state index contributed by atoms with van der Waals surface area (Å²) in [6.07, 6.45) is 3.57. The molecule has 0 unspecified atom stereocenters. The van der Waals surface area contributed by atoms with Crippen LogP contribution in [0, 0.1) is 0 Å². The predicted molar refractivity (Wildman–Crippen MR) is 85.6 cm³/mol. The van der Waals surface area contributed by atoms with Crippen LogP contribution in [0.25, 0.3) is 10.1 Å². The molecule has 3 rings (SSSR count). The van der Waals surface area contributed by atoms with Crippen molar-refractivity contribution in [3.8, 4) is 0 Å². The maximum absolute atomic E-state index is 12.3. The molecule has 21 heavy (non-hydrogen) atoms. The molecule has 0 fully saturated rings. The molecule has 0 atom stereocenters. The molecular weight excluding hydrogens is 308 g/mol. The van der Waals surface area contributed by atoms with E-state index < -0.39 is 0 Å². The molecule has 2 heterocycles. The fourth-order valence-electron chi connectivity index (χ4n) is 2.08. The molecule has 1 amide bonds. The number of amides is 1. The maximum atomic E-state index is 12.3. The highest BCUT2D eigenvalue weighted by atomic mass is 35.5. The molecule has 0 aliphatic heterocycles. The van der Waals surface area contributed by atoms with Crippen molar-refractivity contribution in [3.63, 3.8) is 0 Å². The van der Waals surface area contributed by atoms with Crippen molar-refractivity contribution in [2.75, 3.05) is 5.73 Å². The van der Waals surface area contributed by atoms with E-state index in [0.717, 1.165) is 15.6 Å². The molecule has 0 aliphatic carbocycles. The summed E-state index contributed by atoms with van der Waals surface area (Å²) in [5.74, 6) is -0.186. The number of anilines is 1. The van der Waals surface area contributed by atoms with Gasteiger partial charge < -0.3 is 11.1 Å². The Labute approximate surface area is 130 Å². The standard InChI is InChI=1S/C14H13ClN4OS/c1-19-7-8(6-18-19)5-17-14(20)13-12(16)10-3-2-9(15)4-11(10)21-13/h2-4,6-7H,5,16H2,1H3,(H,17,20). The van der Waals surface area contributed by atoms with Crippen molar-refractivity contribution in [1.29, 1.82) is 0 Å². The number of nitrogen functional groups attached to an aromatic ring is 1. The van der Waals surface area contributed by atoms with Crippen LogP contribution in [0.4, 0.5) is 5.69 Å². The third kappa shape index (κ3) is 2.72. The second-order valence-electron chi connectivity index (χ2n) is 4.69. The third-order valence-electron chi connectivity index (χ3n) is 3.11. The van der Waals surface area contributed by atoms with Crippen LogP contribution in [0.3, 0.4) is 0 Å². The second-order valence-corrected chi connectivity index (χ2v) is 6.18. The molecule has 2 aromatic heterocycles. The first-order valence-corrected chi connectivity index (χ1v) is 7.47. The van der Waals surface area contributed by atoms with Crippen molar-refractivity contribution in [2.45, 2.75) is 6.54 Å². The summed E-state index contributed by atoms with van der Waals surface area (Å²) in [4.78, 5) is 12.8. The lowest BCUT2D eigenvalue weighted by molar-refractivity contribution is 0.0956. The summed E-state index contributed by atoms with van der Waals surface area (Å²) in [6, 6.07) is 5.42. The van der Waals surface area contributed by atoms with Crippen molar-refractivity contribution < 1.29 is 4.79 Å². The number of halogens is 1. The molecule has 3 aromatic rings. The maximum Gasteiger partial charge on any atom is 0.263 e. The van der Waals surface area contributed by atoms with E-state index >= 15 is 0 Å². The number of carbonyl (C=O) groups is 1. The van der Waals surface area contributed by atoms with Crippen molar-refractivity contribution >= 4 is 44.6 Å². The number of aryl methyl sites for hydroxylation is 1. The van der Waals surface area contributed by atoms with Gasteiger partial charge >= 0.3 is 0 Å². The summed E-state index contributed by atoms with van der Waals surface area (Å²) in [6.45, 7) is 0.418. The summed E-state index contributed by atoms with van der Waals surface area (Å²) in [5, 5.41) is 8.40. The molecule has 0 aliphatic rings. The predicted octanol–water partition coefficient (Wildman–Crippen LogP) is 2.80. The Kier molecular flexibility index (Phi) is 3.57. The number of hydrogen-bond acceptors (Lipinski definition) is 4. The minimum atomic E-state index is -0.186. The summed E-state index contributed by atoms with van der Waals surface area (Å²) >= 11 is 7.30. The molecule has 0 saturated heterocycles. The highest BCUT2D eigenvalue weighted by Crippen LogP contribution is 2.35. The molecule has 0 radical (unpaired) electrons. The van der Waals surface area contributed by atoms with Gasteiger partial charge in [0.1, 0.15) is 4.88 Å². The molecule has 0 saturated carbocycles. The third-order valence-corrected chi connectivity index (χ3v) is 4.51. The van der Waals surface area contributed by atoms with Crippen molar-refractivity contribution in [2.24, 2.45) is 7.05 Å². The number of benzene rings is 1. The topological polar surface area (TPSA) is 72.9 Å². The van der Waals surface area contributed by atoms with E-state index in [1.165, 1.54) is 11.3 Å². The van der Waals surface area contributed by atoms with E-state index in [9.17, 15) is 4.79 Å². The minimum Gasteiger partial charge on any atom is -0.397 e. The Balaban J connectivity index is 1.82. The summed E-state index contributed by atoms with van der Waals surface area (Å²) in [7, 11) is 1.83. The van der Waals surface area contributed by atoms with Gasteiger partial charge in [-0.3, -0.25) is 9.48 Å². The van der Waals surface area contributed by atoms with E-state index in [1.54, 1.807) is 16.9 Å². The monoisotopic (exact) mass is 320 g/mol. The van der Waals surface area contributed by atoms with Crippen molar-refractivity contribution in [1.82, 2.24) is 15.1 Å². The fraction of sp³-hybridized carbons (Fsp3) is 0.143. The number of nitrogens with two attached hydrogens (primary N) is 1. The van der Waals surface area contributed by atoms with E-state index in [4.69, 9.17) is 17.3 Å². The first-order chi connectivity index (χ1) is 10.0. The van der Waals surface area contributed by atoms with Crippen LogP contribution in [-0.4, -0.2) is 15.7 Å². The molecule has 1 aromatic carbocycles. The lowest BCUT2D eigenvalue weighted by atomic mass is 10.2. The average Bonchev–Trinajstić information content (AvgIpc) is 3.00. The highest BCUT2D eigenvalue weighted by Gasteiger charge is 2.16. The first-order valence-electron chi connectivity index (χ1n) is 6.28. The molecule has 0 bridgehead atoms. The van der Waals surface area contributed by atoms with Crippen molar-refractivity contribution in [3.05, 3.63) is 46.1 Å². The normalized spacial score (nSPS) is 11.0. The molecule has 7 heteroatoms. The molecular formula is C14H13ClN4OS. The smallest absolute Gasteiger partial charge is 0.263 e. The Morgan fingerprint density at radius 3 is 3.05 bits per heavy atom. The molecule has 0 spiro atoms. The fourth-order valence-corrected chi connectivity index (χ4v) is 3.40. The Bertz CT molecular complexity index is 824. The number of nitrogens with zero attached hydrogens (tertiary/aromatic N) is 2. The van der Waals surface area contributed by atoms with E-state index in [2.05, 4.69) is 10.4 Å².